The molecule has 10 heteroatoms. The Balaban J connectivity index is 3.43. The zero-order chi connectivity index (χ0) is 14.1. The zero-order valence-electron chi connectivity index (χ0n) is 8.16. The molecule has 0 fully saturated rings. The van der Waals surface area contributed by atoms with E-state index in [0.717, 1.165) is 0 Å². The molecular formula is C8H3F7INO. The molecule has 0 atom stereocenters. The Hall–Kier alpha value is -0.810. The first-order chi connectivity index (χ1) is 8.04. The topological polar surface area (TPSA) is 22.1 Å². The van der Waals surface area contributed by atoms with Crippen LogP contribution in [0, 0.1) is 3.70 Å². The quantitative estimate of drug-likeness (QED) is 0.432. The van der Waals surface area contributed by atoms with Crippen molar-refractivity contribution in [3.8, 4) is 5.88 Å². The van der Waals surface area contributed by atoms with Gasteiger partial charge in [-0.15, -0.1) is 13.2 Å². The van der Waals surface area contributed by atoms with Gasteiger partial charge in [0, 0.05) is 5.56 Å². The number of pyridine rings is 1. The molecule has 0 radical (unpaired) electrons. The molecule has 0 saturated carbocycles. The Morgan fingerprint density at radius 2 is 1.72 bits per heavy atom. The van der Waals surface area contributed by atoms with E-state index in [0.29, 0.717) is 6.07 Å². The maximum absolute atomic E-state index is 12.5. The average Bonchev–Trinajstić information content (AvgIpc) is 2.11. The second kappa shape index (κ2) is 5.05. The molecule has 0 unspecified atom stereocenters. The highest BCUT2D eigenvalue weighted by Gasteiger charge is 2.42. The van der Waals surface area contributed by atoms with Crippen molar-refractivity contribution in [1.82, 2.24) is 4.98 Å². The Bertz CT molecular complexity index is 442. The van der Waals surface area contributed by atoms with Gasteiger partial charge in [-0.05, 0) is 28.7 Å². The number of hydrogen-bond acceptors (Lipinski definition) is 2. The minimum Gasteiger partial charge on any atom is -0.387 e. The molecule has 0 saturated heterocycles. The van der Waals surface area contributed by atoms with Gasteiger partial charge in [0.1, 0.15) is 15.9 Å². The van der Waals surface area contributed by atoms with E-state index < -0.39 is 36.2 Å². The summed E-state index contributed by atoms with van der Waals surface area (Å²) in [5, 5.41) is 0. The molecule has 1 rings (SSSR count). The minimum atomic E-state index is -5.34. The lowest BCUT2D eigenvalue weighted by atomic mass is 10.1. The average molecular weight is 389 g/mol. The van der Waals surface area contributed by atoms with Crippen LogP contribution in [0.1, 0.15) is 11.1 Å². The molecule has 2 nitrogen and oxygen atoms in total. The highest BCUT2D eigenvalue weighted by atomic mass is 127. The molecule has 18 heavy (non-hydrogen) atoms. The molecule has 0 aliphatic carbocycles. The van der Waals surface area contributed by atoms with Gasteiger partial charge in [0.15, 0.2) is 0 Å². The van der Waals surface area contributed by atoms with Crippen LogP contribution < -0.4 is 4.74 Å². The fourth-order valence-corrected chi connectivity index (χ4v) is 1.73. The van der Waals surface area contributed by atoms with Crippen LogP contribution in [-0.4, -0.2) is 11.3 Å². The fraction of sp³-hybridized carbons (Fsp3) is 0.375. The molecule has 0 aliphatic heterocycles. The van der Waals surface area contributed by atoms with Crippen LogP contribution in [0.15, 0.2) is 6.07 Å². The monoisotopic (exact) mass is 389 g/mol. The van der Waals surface area contributed by atoms with Crippen molar-refractivity contribution in [1.29, 1.82) is 0 Å². The van der Waals surface area contributed by atoms with Gasteiger partial charge >= 0.3 is 12.5 Å². The Morgan fingerprint density at radius 1 is 1.17 bits per heavy atom. The summed E-state index contributed by atoms with van der Waals surface area (Å²) in [7, 11) is 0. The second-order valence-electron chi connectivity index (χ2n) is 2.96. The first kappa shape index (κ1) is 15.2. The molecule has 0 N–H and O–H groups in total. The van der Waals surface area contributed by atoms with Crippen LogP contribution in [0.3, 0.4) is 0 Å². The number of hydrogen-bond donors (Lipinski definition) is 0. The van der Waals surface area contributed by atoms with E-state index in [2.05, 4.69) is 9.72 Å². The van der Waals surface area contributed by atoms with Crippen molar-refractivity contribution in [2.75, 3.05) is 0 Å². The van der Waals surface area contributed by atoms with Crippen molar-refractivity contribution in [2.45, 2.75) is 19.2 Å². The maximum Gasteiger partial charge on any atom is 0.574 e. The summed E-state index contributed by atoms with van der Waals surface area (Å²) in [5.74, 6) is -1.70. The van der Waals surface area contributed by atoms with Gasteiger partial charge in [0.25, 0.3) is 0 Å². The summed E-state index contributed by atoms with van der Waals surface area (Å²) in [4.78, 5) is 2.99. The number of rotatable bonds is 2. The first-order valence-electron chi connectivity index (χ1n) is 4.13. The normalized spacial score (nSPS) is 12.7. The van der Waals surface area contributed by atoms with Crippen LogP contribution in [0.4, 0.5) is 30.7 Å². The zero-order valence-corrected chi connectivity index (χ0v) is 10.3. The largest absolute Gasteiger partial charge is 0.574 e. The van der Waals surface area contributed by atoms with Crippen LogP contribution in [-0.2, 0) is 12.9 Å². The van der Waals surface area contributed by atoms with E-state index in [9.17, 15) is 30.7 Å². The van der Waals surface area contributed by atoms with Gasteiger partial charge in [-0.1, -0.05) is 0 Å². The molecule has 0 amide bonds. The number of nitrogens with zero attached hydrogens (tertiary/aromatic N) is 1. The summed E-state index contributed by atoms with van der Waals surface area (Å²) in [6.07, 6.45) is -10.5. The third-order valence-electron chi connectivity index (χ3n) is 1.68. The Kier molecular flexibility index (Phi) is 4.28. The van der Waals surface area contributed by atoms with E-state index in [-0.39, 0.29) is 3.70 Å². The third kappa shape index (κ3) is 3.85. The van der Waals surface area contributed by atoms with E-state index in [1.165, 1.54) is 22.6 Å². The van der Waals surface area contributed by atoms with Gasteiger partial charge in [0.2, 0.25) is 5.88 Å². The molecule has 1 aromatic rings. The van der Waals surface area contributed by atoms with E-state index >= 15 is 0 Å². The minimum absolute atomic E-state index is 0.243. The summed E-state index contributed by atoms with van der Waals surface area (Å²) in [5.41, 5.74) is -2.82. The first-order valence-corrected chi connectivity index (χ1v) is 5.21. The molecule has 102 valence electrons. The van der Waals surface area contributed by atoms with E-state index in [4.69, 9.17) is 0 Å². The smallest absolute Gasteiger partial charge is 0.387 e. The molecule has 1 aromatic heterocycles. The third-order valence-corrected chi connectivity index (χ3v) is 2.23. The van der Waals surface area contributed by atoms with Crippen molar-refractivity contribution in [3.05, 3.63) is 20.9 Å². The summed E-state index contributed by atoms with van der Waals surface area (Å²) >= 11 is 1.36. The van der Waals surface area contributed by atoms with Gasteiger partial charge in [-0.25, -0.2) is 9.37 Å². The van der Waals surface area contributed by atoms with Gasteiger partial charge in [0.05, 0.1) is 0 Å². The van der Waals surface area contributed by atoms with Crippen LogP contribution >= 0.6 is 22.6 Å². The summed E-state index contributed by atoms with van der Waals surface area (Å²) in [6.45, 7) is -1.58. The lowest BCUT2D eigenvalue weighted by Gasteiger charge is -2.16. The van der Waals surface area contributed by atoms with Gasteiger partial charge < -0.3 is 4.74 Å². The molecule has 0 aliphatic rings. The number of ether oxygens (including phenoxy) is 1. The molecule has 0 bridgehead atoms. The van der Waals surface area contributed by atoms with Gasteiger partial charge in [-0.2, -0.15) is 13.2 Å². The summed E-state index contributed by atoms with van der Waals surface area (Å²) in [6, 6.07) is 0.701. The standard InChI is InChI=1S/C8H3F7INO/c9-2-3-1-4(16)17-6(18-8(13,14)15)5(3)7(10,11)12/h1H,2H2. The lowest BCUT2D eigenvalue weighted by molar-refractivity contribution is -0.278. The second-order valence-corrected chi connectivity index (χ2v) is 4.07. The predicted molar refractivity (Wildman–Crippen MR) is 53.5 cm³/mol. The Labute approximate surface area is 109 Å². The van der Waals surface area contributed by atoms with Crippen molar-refractivity contribution in [2.24, 2.45) is 0 Å². The number of aromatic nitrogens is 1. The maximum atomic E-state index is 12.5. The molecular weight excluding hydrogens is 386 g/mol. The van der Waals surface area contributed by atoms with Crippen LogP contribution in [0.2, 0.25) is 0 Å². The van der Waals surface area contributed by atoms with E-state index in [1.54, 1.807) is 0 Å². The van der Waals surface area contributed by atoms with Crippen molar-refractivity contribution >= 4 is 22.6 Å². The van der Waals surface area contributed by atoms with Crippen LogP contribution in [0.5, 0.6) is 5.88 Å². The van der Waals surface area contributed by atoms with Crippen molar-refractivity contribution in [3.63, 3.8) is 0 Å². The fourth-order valence-electron chi connectivity index (χ4n) is 1.13. The molecule has 0 spiro atoms. The highest BCUT2D eigenvalue weighted by Crippen LogP contribution is 2.40. The van der Waals surface area contributed by atoms with Gasteiger partial charge in [-0.3, -0.25) is 0 Å². The van der Waals surface area contributed by atoms with Crippen molar-refractivity contribution < 1.29 is 35.5 Å². The van der Waals surface area contributed by atoms with Crippen LogP contribution in [0.25, 0.3) is 0 Å². The molecule has 0 aromatic carbocycles. The number of halogens is 8. The lowest BCUT2D eigenvalue weighted by Crippen LogP contribution is -2.22. The van der Waals surface area contributed by atoms with E-state index in [1.807, 2.05) is 0 Å². The number of alkyl halides is 7. The predicted octanol–water partition coefficient (Wildman–Crippen LogP) is 4.07. The highest BCUT2D eigenvalue weighted by molar-refractivity contribution is 14.1. The molecule has 1 heterocycles. The summed E-state index contributed by atoms with van der Waals surface area (Å²) < 4.78 is 88.9. The SMILES string of the molecule is FCc1cc(I)nc(OC(F)(F)F)c1C(F)(F)F. The Morgan fingerprint density at radius 3 is 2.11 bits per heavy atom.